The van der Waals surface area contributed by atoms with Gasteiger partial charge in [0.15, 0.2) is 0 Å². The van der Waals surface area contributed by atoms with Gasteiger partial charge in [-0.15, -0.1) is 0 Å². The molecule has 116 valence electrons. The van der Waals surface area contributed by atoms with Crippen LogP contribution in [0.25, 0.3) is 0 Å². The smallest absolute Gasteiger partial charge is 0.228 e. The van der Waals surface area contributed by atoms with Crippen LogP contribution >= 0.6 is 11.6 Å². The Bertz CT molecular complexity index is 682. The molecule has 0 saturated carbocycles. The molecule has 22 heavy (non-hydrogen) atoms. The average molecular weight is 318 g/mol. The van der Waals surface area contributed by atoms with Crippen molar-refractivity contribution in [1.29, 1.82) is 0 Å². The lowest BCUT2D eigenvalue weighted by molar-refractivity contribution is -0.119. The molecule has 4 nitrogen and oxygen atoms in total. The van der Waals surface area contributed by atoms with Gasteiger partial charge in [0, 0.05) is 23.6 Å². The molecule has 0 bridgehead atoms. The van der Waals surface area contributed by atoms with E-state index in [0.29, 0.717) is 18.9 Å². The fraction of sp³-hybridized carbons (Fsp3) is 0.412. The first kappa shape index (κ1) is 15.1. The SMILES string of the molecule is CC1CC(C)n2nccc2N1C(=O)CCc1ccccc1Cl. The van der Waals surface area contributed by atoms with Gasteiger partial charge in [-0.25, -0.2) is 4.68 Å². The Morgan fingerprint density at radius 2 is 2.05 bits per heavy atom. The molecule has 3 rings (SSSR count). The summed E-state index contributed by atoms with van der Waals surface area (Å²) in [6.07, 6.45) is 3.80. The number of hydrogen-bond acceptors (Lipinski definition) is 2. The van der Waals surface area contributed by atoms with Gasteiger partial charge in [-0.3, -0.25) is 9.69 Å². The summed E-state index contributed by atoms with van der Waals surface area (Å²) in [5.74, 6) is 1.02. The highest BCUT2D eigenvalue weighted by molar-refractivity contribution is 6.31. The molecule has 5 heteroatoms. The first-order valence-electron chi connectivity index (χ1n) is 7.67. The minimum absolute atomic E-state index is 0.126. The summed E-state index contributed by atoms with van der Waals surface area (Å²) in [5, 5.41) is 5.06. The first-order chi connectivity index (χ1) is 10.6. The Morgan fingerprint density at radius 3 is 2.82 bits per heavy atom. The standard InChI is InChI=1S/C17H20ClN3O/c1-12-11-13(2)21-16(9-10-19-21)20(12)17(22)8-7-14-5-3-4-6-15(14)18/h3-6,9-10,12-13H,7-8,11H2,1-2H3. The van der Waals surface area contributed by atoms with Crippen LogP contribution in [0.5, 0.6) is 0 Å². The molecule has 0 N–H and O–H groups in total. The molecule has 2 unspecified atom stereocenters. The molecule has 0 aliphatic carbocycles. The summed E-state index contributed by atoms with van der Waals surface area (Å²) in [7, 11) is 0. The van der Waals surface area contributed by atoms with Crippen molar-refractivity contribution in [2.75, 3.05) is 4.90 Å². The number of carbonyl (C=O) groups is 1. The van der Waals surface area contributed by atoms with Gasteiger partial charge < -0.3 is 0 Å². The third kappa shape index (κ3) is 2.75. The second-order valence-electron chi connectivity index (χ2n) is 5.92. The van der Waals surface area contributed by atoms with E-state index in [9.17, 15) is 4.79 Å². The summed E-state index contributed by atoms with van der Waals surface area (Å²) in [6, 6.07) is 10.1. The number of fused-ring (bicyclic) bond motifs is 1. The number of halogens is 1. The summed E-state index contributed by atoms with van der Waals surface area (Å²) in [6.45, 7) is 4.24. The van der Waals surface area contributed by atoms with Gasteiger partial charge in [0.1, 0.15) is 5.82 Å². The summed E-state index contributed by atoms with van der Waals surface area (Å²) >= 11 is 6.17. The van der Waals surface area contributed by atoms with Gasteiger partial charge in [0.2, 0.25) is 5.91 Å². The first-order valence-corrected chi connectivity index (χ1v) is 8.04. The predicted octanol–water partition coefficient (Wildman–Crippen LogP) is 3.86. The number of aryl methyl sites for hydroxylation is 1. The lowest BCUT2D eigenvalue weighted by Gasteiger charge is -2.37. The van der Waals surface area contributed by atoms with E-state index in [2.05, 4.69) is 18.9 Å². The van der Waals surface area contributed by atoms with Crippen LogP contribution in [0.3, 0.4) is 0 Å². The molecule has 2 atom stereocenters. The molecule has 0 saturated heterocycles. The van der Waals surface area contributed by atoms with Crippen LogP contribution in [-0.4, -0.2) is 21.7 Å². The largest absolute Gasteiger partial charge is 0.294 e. The Kier molecular flexibility index (Phi) is 4.21. The fourth-order valence-corrected chi connectivity index (χ4v) is 3.43. The van der Waals surface area contributed by atoms with Crippen LogP contribution in [0.1, 0.15) is 38.3 Å². The number of hydrogen-bond donors (Lipinski definition) is 0. The summed E-state index contributed by atoms with van der Waals surface area (Å²) in [5.41, 5.74) is 1.02. The van der Waals surface area contributed by atoms with E-state index >= 15 is 0 Å². The highest BCUT2D eigenvalue weighted by Crippen LogP contribution is 2.32. The number of benzene rings is 1. The minimum Gasteiger partial charge on any atom is -0.294 e. The van der Waals surface area contributed by atoms with Crippen LogP contribution < -0.4 is 4.90 Å². The normalized spacial score (nSPS) is 20.8. The lowest BCUT2D eigenvalue weighted by Crippen LogP contribution is -2.45. The van der Waals surface area contributed by atoms with Crippen molar-refractivity contribution >= 4 is 23.3 Å². The van der Waals surface area contributed by atoms with Crippen LogP contribution in [0.4, 0.5) is 5.82 Å². The number of rotatable bonds is 3. The van der Waals surface area contributed by atoms with Crippen molar-refractivity contribution in [3.8, 4) is 0 Å². The molecule has 0 radical (unpaired) electrons. The van der Waals surface area contributed by atoms with E-state index in [0.717, 1.165) is 22.8 Å². The molecule has 2 aromatic rings. The van der Waals surface area contributed by atoms with Crippen molar-refractivity contribution in [2.24, 2.45) is 0 Å². The molecule has 1 aliphatic heterocycles. The number of aromatic nitrogens is 2. The van der Waals surface area contributed by atoms with Crippen molar-refractivity contribution in [3.05, 3.63) is 47.1 Å². The van der Waals surface area contributed by atoms with Gasteiger partial charge in [0.05, 0.1) is 12.2 Å². The van der Waals surface area contributed by atoms with E-state index in [1.807, 2.05) is 39.9 Å². The van der Waals surface area contributed by atoms with Crippen molar-refractivity contribution < 1.29 is 4.79 Å². The lowest BCUT2D eigenvalue weighted by atomic mass is 10.0. The van der Waals surface area contributed by atoms with E-state index in [-0.39, 0.29) is 11.9 Å². The van der Waals surface area contributed by atoms with Gasteiger partial charge in [0.25, 0.3) is 0 Å². The summed E-state index contributed by atoms with van der Waals surface area (Å²) < 4.78 is 1.94. The molecule has 0 fully saturated rings. The minimum atomic E-state index is 0.126. The maximum atomic E-state index is 12.7. The predicted molar refractivity (Wildman–Crippen MR) is 88.3 cm³/mol. The van der Waals surface area contributed by atoms with Gasteiger partial charge in [-0.05, 0) is 38.3 Å². The zero-order valence-corrected chi connectivity index (χ0v) is 13.6. The van der Waals surface area contributed by atoms with E-state index in [1.165, 1.54) is 0 Å². The highest BCUT2D eigenvalue weighted by Gasteiger charge is 2.31. The van der Waals surface area contributed by atoms with E-state index in [1.54, 1.807) is 6.20 Å². The Labute approximate surface area is 135 Å². The molecule has 1 aliphatic rings. The number of amides is 1. The van der Waals surface area contributed by atoms with Gasteiger partial charge >= 0.3 is 0 Å². The second-order valence-corrected chi connectivity index (χ2v) is 6.33. The maximum Gasteiger partial charge on any atom is 0.228 e. The van der Waals surface area contributed by atoms with Crippen LogP contribution in [0.2, 0.25) is 5.02 Å². The molecule has 1 amide bonds. The third-order valence-electron chi connectivity index (χ3n) is 4.27. The fourth-order valence-electron chi connectivity index (χ4n) is 3.20. The monoisotopic (exact) mass is 317 g/mol. The second kappa shape index (κ2) is 6.13. The number of carbonyl (C=O) groups excluding carboxylic acids is 1. The molecule has 1 aromatic carbocycles. The van der Waals surface area contributed by atoms with Crippen LogP contribution in [0.15, 0.2) is 36.5 Å². The number of anilines is 1. The van der Waals surface area contributed by atoms with Gasteiger partial charge in [-0.1, -0.05) is 29.8 Å². The Morgan fingerprint density at radius 1 is 1.27 bits per heavy atom. The number of nitrogens with zero attached hydrogens (tertiary/aromatic N) is 3. The molecule has 1 aromatic heterocycles. The van der Waals surface area contributed by atoms with E-state index in [4.69, 9.17) is 11.6 Å². The molecule has 2 heterocycles. The van der Waals surface area contributed by atoms with Crippen molar-refractivity contribution in [2.45, 2.75) is 45.2 Å². The topological polar surface area (TPSA) is 38.1 Å². The van der Waals surface area contributed by atoms with Crippen molar-refractivity contribution in [3.63, 3.8) is 0 Å². The maximum absolute atomic E-state index is 12.7. The molecule has 0 spiro atoms. The van der Waals surface area contributed by atoms with Crippen molar-refractivity contribution in [1.82, 2.24) is 9.78 Å². The van der Waals surface area contributed by atoms with Gasteiger partial charge in [-0.2, -0.15) is 5.10 Å². The highest BCUT2D eigenvalue weighted by atomic mass is 35.5. The summed E-state index contributed by atoms with van der Waals surface area (Å²) in [4.78, 5) is 14.6. The zero-order valence-electron chi connectivity index (χ0n) is 12.9. The zero-order chi connectivity index (χ0) is 15.7. The van der Waals surface area contributed by atoms with E-state index < -0.39 is 0 Å². The third-order valence-corrected chi connectivity index (χ3v) is 4.64. The Hall–Kier alpha value is -1.81. The van der Waals surface area contributed by atoms with Crippen LogP contribution in [-0.2, 0) is 11.2 Å². The quantitative estimate of drug-likeness (QED) is 0.862. The molecular formula is C17H20ClN3O. The Balaban J connectivity index is 1.75. The molecular weight excluding hydrogens is 298 g/mol. The van der Waals surface area contributed by atoms with Crippen LogP contribution in [0, 0.1) is 0 Å². The average Bonchev–Trinajstić information content (AvgIpc) is 2.96.